The molecule has 4 bridgehead atoms. The second kappa shape index (κ2) is 3.08. The van der Waals surface area contributed by atoms with Gasteiger partial charge in [0.15, 0.2) is 0 Å². The van der Waals surface area contributed by atoms with Crippen LogP contribution in [0.2, 0.25) is 0 Å². The maximum absolute atomic E-state index is 10.8. The molecule has 0 heterocycles. The van der Waals surface area contributed by atoms with Crippen LogP contribution < -0.4 is 0 Å². The van der Waals surface area contributed by atoms with Crippen molar-refractivity contribution < 1.29 is 10.2 Å². The summed E-state index contributed by atoms with van der Waals surface area (Å²) >= 11 is 0. The summed E-state index contributed by atoms with van der Waals surface area (Å²) in [5.74, 6) is 0.587. The Morgan fingerprint density at radius 1 is 0.882 bits per heavy atom. The Hall–Kier alpha value is -0.0800. The summed E-state index contributed by atoms with van der Waals surface area (Å²) in [5, 5.41) is 21.2. The van der Waals surface area contributed by atoms with Gasteiger partial charge in [0.2, 0.25) is 0 Å². The molecule has 2 nitrogen and oxygen atoms in total. The molecular weight excluding hydrogens is 212 g/mol. The monoisotopic (exact) mass is 238 g/mol. The van der Waals surface area contributed by atoms with Crippen molar-refractivity contribution in [2.24, 2.45) is 28.1 Å². The van der Waals surface area contributed by atoms with Crippen molar-refractivity contribution in [1.29, 1.82) is 0 Å². The second-order valence-electron chi connectivity index (χ2n) is 7.94. The number of hydrogen-bond donors (Lipinski definition) is 2. The van der Waals surface area contributed by atoms with Gasteiger partial charge in [0, 0.05) is 5.41 Å². The van der Waals surface area contributed by atoms with E-state index in [2.05, 4.69) is 27.7 Å². The van der Waals surface area contributed by atoms with Gasteiger partial charge < -0.3 is 10.2 Å². The third-order valence-corrected chi connectivity index (χ3v) is 6.89. The van der Waals surface area contributed by atoms with E-state index in [1.807, 2.05) is 0 Å². The average Bonchev–Trinajstić information content (AvgIpc) is 2.44. The van der Waals surface area contributed by atoms with Gasteiger partial charge in [0.05, 0.1) is 12.2 Å². The molecule has 3 rings (SSSR count). The van der Waals surface area contributed by atoms with Crippen molar-refractivity contribution in [1.82, 2.24) is 0 Å². The Bertz CT molecular complexity index is 351. The van der Waals surface area contributed by atoms with Crippen molar-refractivity contribution in [3.8, 4) is 0 Å². The highest BCUT2D eigenvalue weighted by atomic mass is 16.3. The van der Waals surface area contributed by atoms with E-state index in [0.717, 1.165) is 6.42 Å². The van der Waals surface area contributed by atoms with Gasteiger partial charge in [-0.15, -0.1) is 0 Å². The van der Waals surface area contributed by atoms with Gasteiger partial charge in [-0.2, -0.15) is 0 Å². The van der Waals surface area contributed by atoms with Crippen LogP contribution in [0.1, 0.15) is 53.4 Å². The molecule has 3 aliphatic rings. The van der Waals surface area contributed by atoms with Crippen molar-refractivity contribution in [3.05, 3.63) is 0 Å². The third-order valence-electron chi connectivity index (χ3n) is 6.89. The van der Waals surface area contributed by atoms with Crippen LogP contribution in [0.4, 0.5) is 0 Å². The minimum absolute atomic E-state index is 0.0700. The van der Waals surface area contributed by atoms with E-state index in [4.69, 9.17) is 0 Å². The lowest BCUT2D eigenvalue weighted by Crippen LogP contribution is -2.46. The highest BCUT2D eigenvalue weighted by molar-refractivity contribution is 5.22. The lowest BCUT2D eigenvalue weighted by molar-refractivity contribution is -0.0850. The summed E-state index contributed by atoms with van der Waals surface area (Å²) in [6, 6.07) is 0. The quantitative estimate of drug-likeness (QED) is 0.681. The molecule has 0 amide bonds. The topological polar surface area (TPSA) is 40.5 Å². The fraction of sp³-hybridized carbons (Fsp3) is 1.00. The first kappa shape index (κ1) is 12.0. The Kier molecular flexibility index (Phi) is 2.17. The van der Waals surface area contributed by atoms with E-state index in [1.165, 1.54) is 19.3 Å². The third kappa shape index (κ3) is 1.14. The normalized spacial score (nSPS) is 60.4. The number of aliphatic hydroxyl groups excluding tert-OH is 2. The van der Waals surface area contributed by atoms with Crippen LogP contribution >= 0.6 is 0 Å². The zero-order valence-electron chi connectivity index (χ0n) is 11.5. The van der Waals surface area contributed by atoms with Crippen LogP contribution in [0.25, 0.3) is 0 Å². The van der Waals surface area contributed by atoms with Crippen LogP contribution in [0.3, 0.4) is 0 Å². The molecule has 0 unspecified atom stereocenters. The van der Waals surface area contributed by atoms with E-state index in [1.54, 1.807) is 0 Å². The smallest absolute Gasteiger partial charge is 0.0637 e. The van der Waals surface area contributed by atoms with E-state index in [-0.39, 0.29) is 34.4 Å². The van der Waals surface area contributed by atoms with Gasteiger partial charge in [-0.05, 0) is 41.9 Å². The van der Waals surface area contributed by atoms with Crippen LogP contribution in [0.15, 0.2) is 0 Å². The fourth-order valence-electron chi connectivity index (χ4n) is 5.73. The Labute approximate surface area is 104 Å². The Morgan fingerprint density at radius 3 is 2.18 bits per heavy atom. The van der Waals surface area contributed by atoms with Gasteiger partial charge in [-0.3, -0.25) is 0 Å². The fourth-order valence-corrected chi connectivity index (χ4v) is 5.73. The lowest BCUT2D eigenvalue weighted by Gasteiger charge is -2.45. The summed E-state index contributed by atoms with van der Waals surface area (Å²) in [5.41, 5.74) is 0.241. The zero-order chi connectivity index (χ0) is 12.6. The molecule has 0 aliphatic heterocycles. The van der Waals surface area contributed by atoms with Gasteiger partial charge in [0.1, 0.15) is 0 Å². The molecule has 0 aromatic rings. The molecule has 0 saturated heterocycles. The maximum Gasteiger partial charge on any atom is 0.0637 e. The van der Waals surface area contributed by atoms with E-state index in [9.17, 15) is 10.2 Å². The zero-order valence-corrected chi connectivity index (χ0v) is 11.5. The van der Waals surface area contributed by atoms with Crippen molar-refractivity contribution in [2.45, 2.75) is 65.6 Å². The number of hydrogen-bond acceptors (Lipinski definition) is 2. The molecular formula is C15H26O2. The SMILES string of the molecule is CC1(C)CCC[C@]2(C)[C@@H]3[C@H]1[C@@H](O)[C@@]2(C)C[C@H]3O. The highest BCUT2D eigenvalue weighted by Crippen LogP contribution is 2.73. The molecule has 0 aromatic carbocycles. The molecule has 17 heavy (non-hydrogen) atoms. The molecule has 98 valence electrons. The van der Waals surface area contributed by atoms with E-state index >= 15 is 0 Å². The van der Waals surface area contributed by atoms with Gasteiger partial charge >= 0.3 is 0 Å². The Balaban J connectivity index is 2.15. The largest absolute Gasteiger partial charge is 0.393 e. The molecule has 0 spiro atoms. The van der Waals surface area contributed by atoms with Gasteiger partial charge in [-0.25, -0.2) is 0 Å². The minimum Gasteiger partial charge on any atom is -0.393 e. The van der Waals surface area contributed by atoms with Gasteiger partial charge in [-0.1, -0.05) is 34.1 Å². The standard InChI is InChI=1S/C15H26O2/c1-13(2)6-5-7-14(3)10-9(16)8-15(14,4)12(17)11(10)13/h9-12,16-17H,5-8H2,1-4H3/t9-,10+,11+,12-,14-,15-/m1/s1. The lowest BCUT2D eigenvalue weighted by atomic mass is 9.63. The molecule has 3 fully saturated rings. The maximum atomic E-state index is 10.8. The highest BCUT2D eigenvalue weighted by Gasteiger charge is 2.73. The molecule has 6 atom stereocenters. The second-order valence-corrected chi connectivity index (χ2v) is 7.94. The van der Waals surface area contributed by atoms with Crippen molar-refractivity contribution in [2.75, 3.05) is 0 Å². The molecule has 2 heteroatoms. The molecule has 0 radical (unpaired) electrons. The number of rotatable bonds is 0. The van der Waals surface area contributed by atoms with Gasteiger partial charge in [0.25, 0.3) is 0 Å². The summed E-state index contributed by atoms with van der Waals surface area (Å²) in [7, 11) is 0. The average molecular weight is 238 g/mol. The Morgan fingerprint density at radius 2 is 1.53 bits per heavy atom. The molecule has 3 aliphatic carbocycles. The van der Waals surface area contributed by atoms with Crippen LogP contribution in [-0.2, 0) is 0 Å². The first-order chi connectivity index (χ1) is 7.74. The number of aliphatic hydroxyl groups is 2. The summed E-state index contributed by atoms with van der Waals surface area (Å²) < 4.78 is 0. The molecule has 2 N–H and O–H groups in total. The van der Waals surface area contributed by atoms with Crippen LogP contribution in [-0.4, -0.2) is 22.4 Å². The summed E-state index contributed by atoms with van der Waals surface area (Å²) in [4.78, 5) is 0. The predicted octanol–water partition coefficient (Wildman–Crippen LogP) is 2.58. The first-order valence-electron chi connectivity index (χ1n) is 7.10. The molecule has 3 saturated carbocycles. The summed E-state index contributed by atoms with van der Waals surface area (Å²) in [6.45, 7) is 9.09. The minimum atomic E-state index is -0.226. The molecule has 0 aromatic heterocycles. The van der Waals surface area contributed by atoms with Crippen LogP contribution in [0, 0.1) is 28.1 Å². The predicted molar refractivity (Wildman–Crippen MR) is 67.5 cm³/mol. The van der Waals surface area contributed by atoms with Crippen molar-refractivity contribution >= 4 is 0 Å². The van der Waals surface area contributed by atoms with E-state index < -0.39 is 0 Å². The van der Waals surface area contributed by atoms with E-state index in [0.29, 0.717) is 5.92 Å². The summed E-state index contributed by atoms with van der Waals surface area (Å²) in [6.07, 6.45) is 3.96. The van der Waals surface area contributed by atoms with Crippen LogP contribution in [0.5, 0.6) is 0 Å². The first-order valence-corrected chi connectivity index (χ1v) is 7.10. The van der Waals surface area contributed by atoms with Crippen molar-refractivity contribution in [3.63, 3.8) is 0 Å².